The van der Waals surface area contributed by atoms with Gasteiger partial charge in [-0.3, -0.25) is 4.79 Å². The number of nitrogen functional groups attached to an aromatic ring is 1. The number of amides is 1. The average Bonchev–Trinajstić information content (AvgIpc) is 2.76. The van der Waals surface area contributed by atoms with E-state index in [4.69, 9.17) is 5.73 Å². The largest absolute Gasteiger partial charge is 0.397 e. The van der Waals surface area contributed by atoms with Gasteiger partial charge in [0.05, 0.1) is 17.8 Å². The number of hydrogen-bond acceptors (Lipinski definition) is 3. The smallest absolute Gasteiger partial charge is 0.228 e. The number of nitrogens with two attached hydrogens (primary N) is 1. The van der Waals surface area contributed by atoms with E-state index in [9.17, 15) is 4.79 Å². The molecule has 102 valence electrons. The van der Waals surface area contributed by atoms with E-state index < -0.39 is 0 Å². The molecule has 1 heterocycles. The lowest BCUT2D eigenvalue weighted by Crippen LogP contribution is -2.17. The van der Waals surface area contributed by atoms with E-state index in [1.54, 1.807) is 0 Å². The highest BCUT2D eigenvalue weighted by molar-refractivity contribution is 6.00. The Labute approximate surface area is 113 Å². The van der Waals surface area contributed by atoms with Crippen LogP contribution in [0.15, 0.2) is 12.1 Å². The lowest BCUT2D eigenvalue weighted by molar-refractivity contribution is -0.115. The van der Waals surface area contributed by atoms with Crippen molar-refractivity contribution in [3.8, 4) is 0 Å². The maximum absolute atomic E-state index is 11.4. The van der Waals surface area contributed by atoms with Crippen molar-refractivity contribution < 1.29 is 4.79 Å². The van der Waals surface area contributed by atoms with E-state index in [2.05, 4.69) is 10.6 Å². The molecule has 1 aromatic carbocycles. The highest BCUT2D eigenvalue weighted by atomic mass is 16.1. The van der Waals surface area contributed by atoms with E-state index in [-0.39, 0.29) is 5.91 Å². The van der Waals surface area contributed by atoms with Crippen molar-refractivity contribution in [3.05, 3.63) is 17.7 Å². The fourth-order valence-electron chi connectivity index (χ4n) is 3.09. The summed E-state index contributed by atoms with van der Waals surface area (Å²) in [5.41, 5.74) is 9.66. The highest BCUT2D eigenvalue weighted by Crippen LogP contribution is 2.32. The molecular formula is C15H21N3O. The van der Waals surface area contributed by atoms with Gasteiger partial charge in [0, 0.05) is 12.2 Å². The second kappa shape index (κ2) is 5.11. The molecule has 0 aromatic heterocycles. The molecule has 4 heteroatoms. The summed E-state index contributed by atoms with van der Waals surface area (Å²) in [5.74, 6) is 0.815. The Kier molecular flexibility index (Phi) is 3.32. The first-order chi connectivity index (χ1) is 9.22. The van der Waals surface area contributed by atoms with Crippen LogP contribution in [0.5, 0.6) is 0 Å². The van der Waals surface area contributed by atoms with Crippen molar-refractivity contribution >= 4 is 23.0 Å². The minimum absolute atomic E-state index is 0.0545. The molecular weight excluding hydrogens is 238 g/mol. The van der Waals surface area contributed by atoms with E-state index in [0.29, 0.717) is 6.42 Å². The molecule has 0 atom stereocenters. The Morgan fingerprint density at radius 1 is 1.26 bits per heavy atom. The lowest BCUT2D eigenvalue weighted by atomic mass is 9.89. The van der Waals surface area contributed by atoms with Crippen LogP contribution in [0.2, 0.25) is 0 Å². The molecule has 1 fully saturated rings. The topological polar surface area (TPSA) is 67.2 Å². The molecule has 0 bridgehead atoms. The van der Waals surface area contributed by atoms with Crippen LogP contribution < -0.4 is 16.4 Å². The van der Waals surface area contributed by atoms with E-state index >= 15 is 0 Å². The molecule has 0 unspecified atom stereocenters. The first kappa shape index (κ1) is 12.3. The molecule has 1 aliphatic heterocycles. The molecule has 3 rings (SSSR count). The predicted molar refractivity (Wildman–Crippen MR) is 78.3 cm³/mol. The standard InChI is InChI=1S/C15H21N3O/c16-12-6-11-7-15(19)18-13(11)8-14(12)17-9-10-4-2-1-3-5-10/h6,8,10,17H,1-5,7,9,16H2,(H,18,19). The summed E-state index contributed by atoms with van der Waals surface area (Å²) in [5, 5.41) is 6.32. The quantitative estimate of drug-likeness (QED) is 0.731. The van der Waals surface area contributed by atoms with Crippen LogP contribution in [0, 0.1) is 5.92 Å². The van der Waals surface area contributed by atoms with Crippen molar-refractivity contribution in [1.82, 2.24) is 0 Å². The van der Waals surface area contributed by atoms with Gasteiger partial charge in [0.2, 0.25) is 5.91 Å². The molecule has 0 radical (unpaired) electrons. The third kappa shape index (κ3) is 2.67. The van der Waals surface area contributed by atoms with Crippen LogP contribution in [-0.2, 0) is 11.2 Å². The highest BCUT2D eigenvalue weighted by Gasteiger charge is 2.20. The molecule has 1 amide bonds. The second-order valence-corrected chi connectivity index (χ2v) is 5.71. The molecule has 0 saturated heterocycles. The maximum atomic E-state index is 11.4. The number of rotatable bonds is 3. The fraction of sp³-hybridized carbons (Fsp3) is 0.533. The number of benzene rings is 1. The molecule has 1 aliphatic carbocycles. The maximum Gasteiger partial charge on any atom is 0.228 e. The van der Waals surface area contributed by atoms with Gasteiger partial charge in [-0.25, -0.2) is 0 Å². The van der Waals surface area contributed by atoms with Crippen molar-refractivity contribution in [2.24, 2.45) is 5.92 Å². The van der Waals surface area contributed by atoms with E-state index in [1.807, 2.05) is 12.1 Å². The Bertz CT molecular complexity index is 492. The Hall–Kier alpha value is -1.71. The van der Waals surface area contributed by atoms with Gasteiger partial charge >= 0.3 is 0 Å². The lowest BCUT2D eigenvalue weighted by Gasteiger charge is -2.23. The van der Waals surface area contributed by atoms with Gasteiger partial charge in [0.25, 0.3) is 0 Å². The van der Waals surface area contributed by atoms with Crippen LogP contribution in [0.3, 0.4) is 0 Å². The predicted octanol–water partition coefficient (Wildman–Crippen LogP) is 2.76. The third-order valence-corrected chi connectivity index (χ3v) is 4.21. The monoisotopic (exact) mass is 259 g/mol. The second-order valence-electron chi connectivity index (χ2n) is 5.71. The molecule has 0 spiro atoms. The Morgan fingerprint density at radius 3 is 2.84 bits per heavy atom. The summed E-state index contributed by atoms with van der Waals surface area (Å²) in [6, 6.07) is 3.88. The summed E-state index contributed by atoms with van der Waals surface area (Å²) in [4.78, 5) is 11.4. The summed E-state index contributed by atoms with van der Waals surface area (Å²) in [7, 11) is 0. The zero-order valence-corrected chi connectivity index (χ0v) is 11.2. The molecule has 4 N–H and O–H groups in total. The number of anilines is 3. The normalized spacial score (nSPS) is 19.1. The Morgan fingerprint density at radius 2 is 2.05 bits per heavy atom. The van der Waals surface area contributed by atoms with Gasteiger partial charge in [-0.2, -0.15) is 0 Å². The minimum atomic E-state index is 0.0545. The van der Waals surface area contributed by atoms with Crippen LogP contribution in [0.25, 0.3) is 0 Å². The first-order valence-electron chi connectivity index (χ1n) is 7.18. The van der Waals surface area contributed by atoms with Crippen molar-refractivity contribution in [1.29, 1.82) is 0 Å². The number of hydrogen-bond donors (Lipinski definition) is 3. The number of fused-ring (bicyclic) bond motifs is 1. The fourth-order valence-corrected chi connectivity index (χ4v) is 3.09. The number of carbonyl (C=O) groups is 1. The van der Waals surface area contributed by atoms with E-state index in [0.717, 1.165) is 35.1 Å². The summed E-state index contributed by atoms with van der Waals surface area (Å²) in [6.45, 7) is 0.983. The molecule has 2 aliphatic rings. The zero-order chi connectivity index (χ0) is 13.2. The van der Waals surface area contributed by atoms with Gasteiger partial charge < -0.3 is 16.4 Å². The third-order valence-electron chi connectivity index (χ3n) is 4.21. The number of carbonyl (C=O) groups excluding carboxylic acids is 1. The summed E-state index contributed by atoms with van der Waals surface area (Å²) < 4.78 is 0. The number of nitrogens with one attached hydrogen (secondary N) is 2. The van der Waals surface area contributed by atoms with Crippen LogP contribution >= 0.6 is 0 Å². The van der Waals surface area contributed by atoms with Crippen molar-refractivity contribution in [2.45, 2.75) is 38.5 Å². The molecule has 1 aromatic rings. The minimum Gasteiger partial charge on any atom is -0.397 e. The van der Waals surface area contributed by atoms with Gasteiger partial charge in [-0.05, 0) is 36.5 Å². The Balaban J connectivity index is 1.67. The van der Waals surface area contributed by atoms with Gasteiger partial charge in [-0.1, -0.05) is 19.3 Å². The van der Waals surface area contributed by atoms with Crippen LogP contribution in [-0.4, -0.2) is 12.5 Å². The molecule has 4 nitrogen and oxygen atoms in total. The zero-order valence-electron chi connectivity index (χ0n) is 11.2. The van der Waals surface area contributed by atoms with Crippen molar-refractivity contribution in [3.63, 3.8) is 0 Å². The first-order valence-corrected chi connectivity index (χ1v) is 7.18. The van der Waals surface area contributed by atoms with Crippen molar-refractivity contribution in [2.75, 3.05) is 22.9 Å². The van der Waals surface area contributed by atoms with Crippen LogP contribution in [0.1, 0.15) is 37.7 Å². The molecule has 1 saturated carbocycles. The van der Waals surface area contributed by atoms with Gasteiger partial charge in [0.1, 0.15) is 0 Å². The average molecular weight is 259 g/mol. The van der Waals surface area contributed by atoms with Crippen LogP contribution in [0.4, 0.5) is 17.1 Å². The molecule has 19 heavy (non-hydrogen) atoms. The summed E-state index contributed by atoms with van der Waals surface area (Å²) in [6.07, 6.45) is 7.15. The van der Waals surface area contributed by atoms with Gasteiger partial charge in [0.15, 0.2) is 0 Å². The SMILES string of the molecule is Nc1cc2c(cc1NCC1CCCCC1)NC(=O)C2. The van der Waals surface area contributed by atoms with Gasteiger partial charge in [-0.15, -0.1) is 0 Å². The summed E-state index contributed by atoms with van der Waals surface area (Å²) >= 11 is 0. The van der Waals surface area contributed by atoms with E-state index in [1.165, 1.54) is 32.1 Å².